The van der Waals surface area contributed by atoms with Gasteiger partial charge in [-0.1, -0.05) is 0 Å². The van der Waals surface area contributed by atoms with Crippen LogP contribution in [0.25, 0.3) is 5.57 Å². The first-order valence-electron chi connectivity index (χ1n) is 5.67. The van der Waals surface area contributed by atoms with E-state index in [1.807, 2.05) is 10.7 Å². The molecule has 0 saturated heterocycles. The Labute approximate surface area is 95.5 Å². The number of hydrogen-bond acceptors (Lipinski definition) is 3. The Hall–Kier alpha value is -1.13. The molecule has 0 saturated carbocycles. The van der Waals surface area contributed by atoms with Gasteiger partial charge in [-0.05, 0) is 31.9 Å². The smallest absolute Gasteiger partial charge is 0.0738 e. The lowest BCUT2D eigenvalue weighted by atomic mass is 10.0. The lowest BCUT2D eigenvalue weighted by Crippen LogP contribution is -2.16. The fourth-order valence-corrected chi connectivity index (χ4v) is 2.02. The zero-order chi connectivity index (χ0) is 11.5. The molecule has 4 heteroatoms. The summed E-state index contributed by atoms with van der Waals surface area (Å²) in [7, 11) is 0. The Balaban J connectivity index is 2.41. The van der Waals surface area contributed by atoms with Crippen molar-refractivity contribution in [1.29, 1.82) is 0 Å². The molecule has 0 aromatic carbocycles. The summed E-state index contributed by atoms with van der Waals surface area (Å²) < 4.78 is 7.43. The molecule has 0 radical (unpaired) electrons. The minimum absolute atomic E-state index is 0.113. The van der Waals surface area contributed by atoms with Crippen molar-refractivity contribution in [3.63, 3.8) is 0 Å². The minimum atomic E-state index is 0.113. The van der Waals surface area contributed by atoms with E-state index in [0.717, 1.165) is 23.3 Å². The van der Waals surface area contributed by atoms with Crippen molar-refractivity contribution in [2.75, 3.05) is 19.8 Å². The lowest BCUT2D eigenvalue weighted by molar-refractivity contribution is 0.154. The van der Waals surface area contributed by atoms with Gasteiger partial charge in [-0.2, -0.15) is 5.10 Å². The number of ether oxygens (including phenoxy) is 1. The van der Waals surface area contributed by atoms with Gasteiger partial charge in [0.05, 0.1) is 25.5 Å². The molecule has 0 bridgehead atoms. The van der Waals surface area contributed by atoms with E-state index < -0.39 is 0 Å². The van der Waals surface area contributed by atoms with Gasteiger partial charge in [0, 0.05) is 17.8 Å². The Morgan fingerprint density at radius 1 is 1.56 bits per heavy atom. The molecule has 4 nitrogen and oxygen atoms in total. The van der Waals surface area contributed by atoms with Gasteiger partial charge in [0.2, 0.25) is 0 Å². The van der Waals surface area contributed by atoms with Crippen molar-refractivity contribution in [3.8, 4) is 0 Å². The van der Waals surface area contributed by atoms with Crippen molar-refractivity contribution in [2.24, 2.45) is 0 Å². The number of aliphatic hydroxyl groups excluding tert-OH is 1. The SMILES string of the molecule is CC(C)n1nccc1C1=C(CO)CCOC1. The second-order valence-electron chi connectivity index (χ2n) is 4.30. The Bertz CT molecular complexity index is 393. The Morgan fingerprint density at radius 3 is 3.06 bits per heavy atom. The van der Waals surface area contributed by atoms with Crippen LogP contribution in [0.15, 0.2) is 17.8 Å². The van der Waals surface area contributed by atoms with Crippen LogP contribution in [0.4, 0.5) is 0 Å². The summed E-state index contributed by atoms with van der Waals surface area (Å²) in [5.41, 5.74) is 3.24. The highest BCUT2D eigenvalue weighted by molar-refractivity contribution is 5.68. The molecular weight excluding hydrogens is 204 g/mol. The zero-order valence-electron chi connectivity index (χ0n) is 9.81. The van der Waals surface area contributed by atoms with E-state index in [9.17, 15) is 5.11 Å². The van der Waals surface area contributed by atoms with E-state index in [-0.39, 0.29) is 6.61 Å². The first kappa shape index (κ1) is 11.4. The quantitative estimate of drug-likeness (QED) is 0.845. The van der Waals surface area contributed by atoms with Gasteiger partial charge in [-0.3, -0.25) is 4.68 Å². The summed E-state index contributed by atoms with van der Waals surface area (Å²) >= 11 is 0. The normalized spacial score (nSPS) is 17.2. The molecule has 0 fully saturated rings. The molecule has 0 spiro atoms. The first-order valence-corrected chi connectivity index (χ1v) is 5.67. The van der Waals surface area contributed by atoms with Crippen LogP contribution in [0.1, 0.15) is 32.0 Å². The molecule has 16 heavy (non-hydrogen) atoms. The van der Waals surface area contributed by atoms with Gasteiger partial charge < -0.3 is 9.84 Å². The topological polar surface area (TPSA) is 47.3 Å². The predicted molar refractivity (Wildman–Crippen MR) is 62.1 cm³/mol. The molecule has 0 atom stereocenters. The molecule has 2 rings (SSSR count). The number of nitrogens with zero attached hydrogens (tertiary/aromatic N) is 2. The highest BCUT2D eigenvalue weighted by atomic mass is 16.5. The van der Waals surface area contributed by atoms with Gasteiger partial charge in [0.1, 0.15) is 0 Å². The second-order valence-corrected chi connectivity index (χ2v) is 4.30. The number of aliphatic hydroxyl groups is 1. The average Bonchev–Trinajstić information content (AvgIpc) is 2.77. The number of aromatic nitrogens is 2. The molecule has 1 aliphatic rings. The summed E-state index contributed by atoms with van der Waals surface area (Å²) in [6.07, 6.45) is 2.61. The molecule has 1 aromatic heterocycles. The highest BCUT2D eigenvalue weighted by Gasteiger charge is 2.18. The van der Waals surface area contributed by atoms with Crippen molar-refractivity contribution in [1.82, 2.24) is 9.78 Å². The maximum Gasteiger partial charge on any atom is 0.0738 e. The molecule has 0 unspecified atom stereocenters. The second kappa shape index (κ2) is 4.80. The van der Waals surface area contributed by atoms with Gasteiger partial charge in [-0.15, -0.1) is 0 Å². The van der Waals surface area contributed by atoms with E-state index in [0.29, 0.717) is 19.3 Å². The molecule has 88 valence electrons. The maximum atomic E-state index is 9.35. The summed E-state index contributed by atoms with van der Waals surface area (Å²) in [5, 5.41) is 13.7. The van der Waals surface area contributed by atoms with Gasteiger partial charge in [0.25, 0.3) is 0 Å². The summed E-state index contributed by atoms with van der Waals surface area (Å²) in [6.45, 7) is 5.59. The van der Waals surface area contributed by atoms with Gasteiger partial charge >= 0.3 is 0 Å². The molecule has 1 aliphatic heterocycles. The van der Waals surface area contributed by atoms with Gasteiger partial charge in [-0.25, -0.2) is 0 Å². The van der Waals surface area contributed by atoms with Crippen LogP contribution < -0.4 is 0 Å². The molecule has 0 aliphatic carbocycles. The third-order valence-electron chi connectivity index (χ3n) is 2.88. The number of hydrogen-bond donors (Lipinski definition) is 1. The van der Waals surface area contributed by atoms with E-state index >= 15 is 0 Å². The zero-order valence-corrected chi connectivity index (χ0v) is 9.81. The van der Waals surface area contributed by atoms with Crippen molar-refractivity contribution >= 4 is 5.57 Å². The fraction of sp³-hybridized carbons (Fsp3) is 0.583. The van der Waals surface area contributed by atoms with Crippen LogP contribution in [0.5, 0.6) is 0 Å². The van der Waals surface area contributed by atoms with Crippen LogP contribution in [-0.2, 0) is 4.74 Å². The van der Waals surface area contributed by atoms with Crippen LogP contribution in [0.2, 0.25) is 0 Å². The van der Waals surface area contributed by atoms with E-state index in [1.54, 1.807) is 6.20 Å². The summed E-state index contributed by atoms with van der Waals surface area (Å²) in [4.78, 5) is 0. The molecule has 1 N–H and O–H groups in total. The largest absolute Gasteiger partial charge is 0.392 e. The molecule has 1 aromatic rings. The minimum Gasteiger partial charge on any atom is -0.392 e. The fourth-order valence-electron chi connectivity index (χ4n) is 2.02. The third-order valence-corrected chi connectivity index (χ3v) is 2.88. The standard InChI is InChI=1S/C12H18N2O2/c1-9(2)14-12(3-5-13-14)11-8-16-6-4-10(11)7-15/h3,5,9,15H,4,6-8H2,1-2H3. The Morgan fingerprint density at radius 2 is 2.38 bits per heavy atom. The monoisotopic (exact) mass is 222 g/mol. The summed E-state index contributed by atoms with van der Waals surface area (Å²) in [5.74, 6) is 0. The van der Waals surface area contributed by atoms with Crippen LogP contribution in [-0.4, -0.2) is 34.7 Å². The summed E-state index contributed by atoms with van der Waals surface area (Å²) in [6, 6.07) is 2.30. The number of rotatable bonds is 3. The molecule has 2 heterocycles. The van der Waals surface area contributed by atoms with Crippen molar-refractivity contribution in [2.45, 2.75) is 26.3 Å². The van der Waals surface area contributed by atoms with E-state index in [1.165, 1.54) is 0 Å². The average molecular weight is 222 g/mol. The van der Waals surface area contributed by atoms with Crippen molar-refractivity contribution in [3.05, 3.63) is 23.5 Å². The van der Waals surface area contributed by atoms with E-state index in [2.05, 4.69) is 18.9 Å². The maximum absolute atomic E-state index is 9.35. The Kier molecular flexibility index (Phi) is 3.41. The predicted octanol–water partition coefficient (Wildman–Crippen LogP) is 1.63. The van der Waals surface area contributed by atoms with Crippen LogP contribution in [0, 0.1) is 0 Å². The highest BCUT2D eigenvalue weighted by Crippen LogP contribution is 2.26. The van der Waals surface area contributed by atoms with E-state index in [4.69, 9.17) is 4.74 Å². The molecule has 0 amide bonds. The third kappa shape index (κ3) is 2.03. The van der Waals surface area contributed by atoms with Crippen molar-refractivity contribution < 1.29 is 9.84 Å². The first-order chi connectivity index (χ1) is 7.74. The van der Waals surface area contributed by atoms with Crippen LogP contribution in [0.3, 0.4) is 0 Å². The molecular formula is C12H18N2O2. The van der Waals surface area contributed by atoms with Gasteiger partial charge in [0.15, 0.2) is 0 Å². The van der Waals surface area contributed by atoms with Crippen LogP contribution >= 0.6 is 0 Å². The lowest BCUT2D eigenvalue weighted by Gasteiger charge is -2.21.